The minimum absolute atomic E-state index is 0.0384. The molecule has 5 atom stereocenters. The van der Waals surface area contributed by atoms with E-state index in [0.29, 0.717) is 6.42 Å². The van der Waals surface area contributed by atoms with Gasteiger partial charge in [0.05, 0.1) is 11.6 Å². The highest BCUT2D eigenvalue weighted by Gasteiger charge is 2.82. The average Bonchev–Trinajstić information content (AvgIpc) is 3.33. The number of fused-ring (bicyclic) bond motifs is 4. The Morgan fingerprint density at radius 2 is 2.00 bits per heavy atom. The Kier molecular flexibility index (Phi) is 2.92. The van der Waals surface area contributed by atoms with Crippen LogP contribution in [0.1, 0.15) is 36.5 Å². The summed E-state index contributed by atoms with van der Waals surface area (Å²) < 4.78 is 29.7. The predicted octanol–water partition coefficient (Wildman–Crippen LogP) is 1.53. The molecule has 1 spiro atoms. The van der Waals surface area contributed by atoms with E-state index in [1.807, 2.05) is 6.07 Å². The van der Waals surface area contributed by atoms with E-state index in [-0.39, 0.29) is 24.1 Å². The minimum atomic E-state index is -1.13. The van der Waals surface area contributed by atoms with Crippen molar-refractivity contribution in [1.29, 1.82) is 0 Å². The number of hydrogen-bond acceptors (Lipinski definition) is 7. The standard InChI is InChI=1S/C20H23NO6/c1-21-5-4-18-8-13(22)17(23-2)20(24-3)19(18,21)9-16(27-20)11-6-14-15(7-12(11)18)26-10-25-14/h6-7,16-17H,4-5,8-10H2,1-3H3/t16-,17?,18-,19-,20?/m0/s1. The van der Waals surface area contributed by atoms with Crippen LogP contribution in [0, 0.1) is 0 Å². The van der Waals surface area contributed by atoms with Gasteiger partial charge < -0.3 is 23.7 Å². The van der Waals surface area contributed by atoms with Crippen molar-refractivity contribution in [3.63, 3.8) is 0 Å². The molecule has 2 bridgehead atoms. The first kappa shape index (κ1) is 16.3. The van der Waals surface area contributed by atoms with Gasteiger partial charge in [-0.15, -0.1) is 0 Å². The van der Waals surface area contributed by atoms with Crippen LogP contribution in [0.2, 0.25) is 0 Å². The van der Waals surface area contributed by atoms with E-state index in [1.165, 1.54) is 0 Å². The summed E-state index contributed by atoms with van der Waals surface area (Å²) in [7, 11) is 5.31. The number of ether oxygens (including phenoxy) is 5. The van der Waals surface area contributed by atoms with E-state index < -0.39 is 17.4 Å². The SMILES string of the molecule is COC1C(=O)C[C@]23CCN(C)[C@@]24C[C@H](OC14OC)c1cc2c(cc13)OCO2. The Morgan fingerprint density at radius 1 is 1.22 bits per heavy atom. The van der Waals surface area contributed by atoms with Crippen LogP contribution < -0.4 is 9.47 Å². The number of methoxy groups -OCH3 is 2. The summed E-state index contributed by atoms with van der Waals surface area (Å²) in [5.41, 5.74) is 1.41. The third-order valence-electron chi connectivity index (χ3n) is 7.75. The molecule has 2 unspecified atom stereocenters. The normalized spacial score (nSPS) is 43.7. The quantitative estimate of drug-likeness (QED) is 0.779. The zero-order chi connectivity index (χ0) is 18.6. The predicted molar refractivity (Wildman–Crippen MR) is 92.8 cm³/mol. The summed E-state index contributed by atoms with van der Waals surface area (Å²) in [5, 5.41) is 0. The van der Waals surface area contributed by atoms with Crippen molar-refractivity contribution >= 4 is 5.78 Å². The molecule has 144 valence electrons. The van der Waals surface area contributed by atoms with Crippen molar-refractivity contribution < 1.29 is 28.5 Å². The van der Waals surface area contributed by atoms with Gasteiger partial charge in [-0.25, -0.2) is 0 Å². The van der Waals surface area contributed by atoms with Crippen molar-refractivity contribution in [2.45, 2.75) is 48.2 Å². The Labute approximate surface area is 157 Å². The monoisotopic (exact) mass is 373 g/mol. The lowest BCUT2D eigenvalue weighted by Crippen LogP contribution is -2.76. The molecule has 1 saturated carbocycles. The van der Waals surface area contributed by atoms with Crippen LogP contribution in [0.4, 0.5) is 0 Å². The maximum absolute atomic E-state index is 13.2. The van der Waals surface area contributed by atoms with Crippen molar-refractivity contribution in [3.05, 3.63) is 23.3 Å². The number of nitrogens with zero attached hydrogens (tertiary/aromatic N) is 1. The summed E-state index contributed by atoms with van der Waals surface area (Å²) in [6.07, 6.45) is 1.15. The van der Waals surface area contributed by atoms with Gasteiger partial charge in [0.15, 0.2) is 23.4 Å². The zero-order valence-corrected chi connectivity index (χ0v) is 15.7. The Hall–Kier alpha value is -1.67. The lowest BCUT2D eigenvalue weighted by molar-refractivity contribution is -0.309. The Bertz CT molecular complexity index is 872. The fraction of sp³-hybridized carbons (Fsp3) is 0.650. The molecule has 0 aromatic heterocycles. The van der Waals surface area contributed by atoms with Gasteiger partial charge in [0.1, 0.15) is 0 Å². The van der Waals surface area contributed by atoms with E-state index in [1.54, 1.807) is 14.2 Å². The maximum Gasteiger partial charge on any atom is 0.231 e. The van der Waals surface area contributed by atoms with Crippen LogP contribution in [0.15, 0.2) is 12.1 Å². The molecule has 7 nitrogen and oxygen atoms in total. The molecule has 3 fully saturated rings. The number of rotatable bonds is 2. The first-order valence-corrected chi connectivity index (χ1v) is 9.47. The largest absolute Gasteiger partial charge is 0.454 e. The van der Waals surface area contributed by atoms with Crippen molar-refractivity contribution in [2.75, 3.05) is 34.6 Å². The molecular formula is C20H23NO6. The van der Waals surface area contributed by atoms with E-state index in [9.17, 15) is 4.79 Å². The van der Waals surface area contributed by atoms with Crippen molar-refractivity contribution in [3.8, 4) is 11.5 Å². The molecule has 1 aromatic carbocycles. The van der Waals surface area contributed by atoms with E-state index in [2.05, 4.69) is 18.0 Å². The second-order valence-corrected chi connectivity index (χ2v) is 8.35. The summed E-state index contributed by atoms with van der Waals surface area (Å²) in [4.78, 5) is 15.6. The fourth-order valence-electron chi connectivity index (χ4n) is 6.82. The smallest absolute Gasteiger partial charge is 0.231 e. The molecule has 1 aromatic rings. The van der Waals surface area contributed by atoms with Gasteiger partial charge in [0.2, 0.25) is 12.6 Å². The van der Waals surface area contributed by atoms with Crippen LogP contribution in [-0.4, -0.2) is 62.7 Å². The Morgan fingerprint density at radius 3 is 2.74 bits per heavy atom. The van der Waals surface area contributed by atoms with Crippen LogP contribution in [0.5, 0.6) is 11.5 Å². The molecule has 2 aliphatic carbocycles. The molecule has 2 saturated heterocycles. The molecule has 27 heavy (non-hydrogen) atoms. The fourth-order valence-corrected chi connectivity index (χ4v) is 6.82. The topological polar surface area (TPSA) is 66.5 Å². The van der Waals surface area contributed by atoms with E-state index in [4.69, 9.17) is 23.7 Å². The van der Waals surface area contributed by atoms with Gasteiger partial charge in [0, 0.05) is 32.5 Å². The molecule has 3 heterocycles. The van der Waals surface area contributed by atoms with Gasteiger partial charge in [0.25, 0.3) is 0 Å². The van der Waals surface area contributed by atoms with Crippen molar-refractivity contribution in [2.24, 2.45) is 0 Å². The number of ketones is 1. The molecule has 7 heteroatoms. The number of carbonyl (C=O) groups excluding carboxylic acids is 1. The highest BCUT2D eigenvalue weighted by atomic mass is 16.7. The maximum atomic E-state index is 13.2. The summed E-state index contributed by atoms with van der Waals surface area (Å²) in [6, 6.07) is 4.11. The van der Waals surface area contributed by atoms with Gasteiger partial charge in [-0.2, -0.15) is 0 Å². The second kappa shape index (κ2) is 4.84. The van der Waals surface area contributed by atoms with Crippen molar-refractivity contribution in [1.82, 2.24) is 4.90 Å². The van der Waals surface area contributed by atoms with Gasteiger partial charge in [-0.05, 0) is 43.3 Å². The van der Waals surface area contributed by atoms with E-state index in [0.717, 1.165) is 42.0 Å². The minimum Gasteiger partial charge on any atom is -0.454 e. The van der Waals surface area contributed by atoms with Gasteiger partial charge in [-0.3, -0.25) is 9.69 Å². The number of benzene rings is 1. The highest BCUT2D eigenvalue weighted by Crippen LogP contribution is 2.71. The first-order chi connectivity index (χ1) is 13.0. The summed E-state index contributed by atoms with van der Waals surface area (Å²) in [6.45, 7) is 1.10. The Balaban J connectivity index is 1.69. The molecular weight excluding hydrogens is 350 g/mol. The van der Waals surface area contributed by atoms with E-state index >= 15 is 0 Å². The first-order valence-electron chi connectivity index (χ1n) is 9.47. The highest BCUT2D eigenvalue weighted by molar-refractivity contribution is 5.89. The molecule has 0 N–H and O–H groups in total. The van der Waals surface area contributed by atoms with Gasteiger partial charge in [-0.1, -0.05) is 0 Å². The number of hydrogen-bond donors (Lipinski definition) is 0. The van der Waals surface area contributed by atoms with Crippen LogP contribution in [0.25, 0.3) is 0 Å². The third kappa shape index (κ3) is 1.49. The number of Topliss-reactive ketones (excluding diaryl/α,β-unsaturated/α-hetero) is 1. The number of likely N-dealkylation sites (N-methyl/N-ethyl adjacent to an activating group) is 1. The molecule has 0 amide bonds. The third-order valence-corrected chi connectivity index (χ3v) is 7.75. The van der Waals surface area contributed by atoms with Gasteiger partial charge >= 0.3 is 0 Å². The zero-order valence-electron chi connectivity index (χ0n) is 15.7. The van der Waals surface area contributed by atoms with Crippen LogP contribution in [-0.2, 0) is 24.4 Å². The molecule has 0 radical (unpaired) electrons. The van der Waals surface area contributed by atoms with Crippen LogP contribution >= 0.6 is 0 Å². The lowest BCUT2D eigenvalue weighted by Gasteiger charge is -2.59. The van der Waals surface area contributed by atoms with Crippen LogP contribution in [0.3, 0.4) is 0 Å². The number of likely N-dealkylation sites (tertiary alicyclic amines) is 1. The average molecular weight is 373 g/mol. The number of carbonyl (C=O) groups is 1. The molecule has 5 aliphatic rings. The lowest BCUT2D eigenvalue weighted by atomic mass is 9.51. The molecule has 3 aliphatic heterocycles. The summed E-state index contributed by atoms with van der Waals surface area (Å²) >= 11 is 0. The molecule has 6 rings (SSSR count). The summed E-state index contributed by atoms with van der Waals surface area (Å²) in [5.74, 6) is 0.406. The second-order valence-electron chi connectivity index (χ2n) is 8.35.